The molecule has 0 radical (unpaired) electrons. The van der Waals surface area contributed by atoms with Gasteiger partial charge < -0.3 is 10.6 Å². The summed E-state index contributed by atoms with van der Waals surface area (Å²) in [7, 11) is 0. The maximum atomic E-state index is 6.06. The largest absolute Gasteiger partial charge is 0.353 e. The molecule has 0 saturated carbocycles. The second-order valence-corrected chi connectivity index (χ2v) is 4.10. The summed E-state index contributed by atoms with van der Waals surface area (Å²) in [6.07, 6.45) is 2.56. The highest BCUT2D eigenvalue weighted by Gasteiger charge is 2.02. The third-order valence-electron chi connectivity index (χ3n) is 2.23. The number of benzene rings is 1. The van der Waals surface area contributed by atoms with Crippen molar-refractivity contribution in [1.29, 1.82) is 0 Å². The Labute approximate surface area is 111 Å². The summed E-state index contributed by atoms with van der Waals surface area (Å²) >= 11 is 6.06. The van der Waals surface area contributed by atoms with Crippen LogP contribution in [0.25, 0.3) is 0 Å². The number of halogens is 1. The topological polar surface area (TPSA) is 62.7 Å². The van der Waals surface area contributed by atoms with Crippen LogP contribution in [0.15, 0.2) is 30.5 Å². The first-order chi connectivity index (χ1) is 8.79. The van der Waals surface area contributed by atoms with Crippen molar-refractivity contribution in [2.75, 3.05) is 17.2 Å². The van der Waals surface area contributed by atoms with Gasteiger partial charge in [-0.1, -0.05) is 30.7 Å². The van der Waals surface area contributed by atoms with Crippen molar-refractivity contribution in [3.8, 4) is 0 Å². The van der Waals surface area contributed by atoms with E-state index in [2.05, 4.69) is 32.7 Å². The Morgan fingerprint density at radius 2 is 2.11 bits per heavy atom. The molecule has 0 aliphatic heterocycles. The third kappa shape index (κ3) is 3.30. The van der Waals surface area contributed by atoms with E-state index in [-0.39, 0.29) is 0 Å². The third-order valence-corrected chi connectivity index (χ3v) is 2.56. The SMILES string of the molecule is CCCNc1nncc(Nc2ccccc2Cl)n1. The van der Waals surface area contributed by atoms with Crippen LogP contribution in [-0.2, 0) is 0 Å². The normalized spacial score (nSPS) is 10.1. The Morgan fingerprint density at radius 1 is 1.28 bits per heavy atom. The highest BCUT2D eigenvalue weighted by molar-refractivity contribution is 6.33. The number of rotatable bonds is 5. The van der Waals surface area contributed by atoms with Gasteiger partial charge in [0.1, 0.15) is 0 Å². The molecule has 94 valence electrons. The summed E-state index contributed by atoms with van der Waals surface area (Å²) in [6.45, 7) is 2.89. The minimum absolute atomic E-state index is 0.508. The summed E-state index contributed by atoms with van der Waals surface area (Å²) in [4.78, 5) is 4.29. The Hall–Kier alpha value is -1.88. The molecule has 0 aliphatic carbocycles. The Kier molecular flexibility index (Phi) is 4.30. The van der Waals surface area contributed by atoms with E-state index >= 15 is 0 Å². The molecule has 5 nitrogen and oxygen atoms in total. The van der Waals surface area contributed by atoms with Gasteiger partial charge in [0, 0.05) is 6.54 Å². The lowest BCUT2D eigenvalue weighted by Gasteiger charge is -2.08. The molecule has 1 aromatic heterocycles. The van der Waals surface area contributed by atoms with E-state index in [1.54, 1.807) is 6.20 Å². The number of para-hydroxylation sites is 1. The monoisotopic (exact) mass is 263 g/mol. The summed E-state index contributed by atoms with van der Waals surface area (Å²) in [5, 5.41) is 14.6. The highest BCUT2D eigenvalue weighted by atomic mass is 35.5. The quantitative estimate of drug-likeness (QED) is 0.868. The van der Waals surface area contributed by atoms with Crippen LogP contribution in [0.3, 0.4) is 0 Å². The second kappa shape index (κ2) is 6.16. The minimum atomic E-state index is 0.508. The van der Waals surface area contributed by atoms with Gasteiger partial charge in [-0.2, -0.15) is 10.1 Å². The molecule has 1 heterocycles. The maximum Gasteiger partial charge on any atom is 0.244 e. The molecule has 0 bridgehead atoms. The van der Waals surface area contributed by atoms with Crippen molar-refractivity contribution in [2.24, 2.45) is 0 Å². The molecule has 0 fully saturated rings. The predicted molar refractivity (Wildman–Crippen MR) is 73.3 cm³/mol. The zero-order valence-corrected chi connectivity index (χ0v) is 10.8. The second-order valence-electron chi connectivity index (χ2n) is 3.70. The number of hydrogen-bond donors (Lipinski definition) is 2. The van der Waals surface area contributed by atoms with Crippen LogP contribution in [0.2, 0.25) is 5.02 Å². The van der Waals surface area contributed by atoms with Crippen molar-refractivity contribution in [3.63, 3.8) is 0 Å². The molecule has 6 heteroatoms. The van der Waals surface area contributed by atoms with E-state index in [1.807, 2.05) is 24.3 Å². The van der Waals surface area contributed by atoms with Gasteiger partial charge in [-0.3, -0.25) is 0 Å². The number of nitrogens with one attached hydrogen (secondary N) is 2. The molecule has 0 saturated heterocycles. The van der Waals surface area contributed by atoms with Gasteiger partial charge in [-0.05, 0) is 18.6 Å². The standard InChI is InChI=1S/C12H14ClN5/c1-2-7-14-12-17-11(8-15-18-12)16-10-6-4-3-5-9(10)13/h3-6,8H,2,7H2,1H3,(H2,14,16,17,18). The van der Waals surface area contributed by atoms with Crippen LogP contribution in [-0.4, -0.2) is 21.7 Å². The Balaban J connectivity index is 2.12. The fourth-order valence-corrected chi connectivity index (χ4v) is 1.56. The van der Waals surface area contributed by atoms with Gasteiger partial charge in [0.2, 0.25) is 5.95 Å². The lowest BCUT2D eigenvalue weighted by atomic mass is 10.3. The number of anilines is 3. The maximum absolute atomic E-state index is 6.06. The molecule has 0 atom stereocenters. The molecule has 0 unspecified atom stereocenters. The van der Waals surface area contributed by atoms with Gasteiger partial charge in [-0.25, -0.2) is 0 Å². The van der Waals surface area contributed by atoms with Gasteiger partial charge in [0.05, 0.1) is 16.9 Å². The van der Waals surface area contributed by atoms with Crippen molar-refractivity contribution < 1.29 is 0 Å². The van der Waals surface area contributed by atoms with E-state index in [4.69, 9.17) is 11.6 Å². The van der Waals surface area contributed by atoms with Crippen LogP contribution < -0.4 is 10.6 Å². The first kappa shape index (κ1) is 12.6. The lowest BCUT2D eigenvalue weighted by molar-refractivity contribution is 0.913. The van der Waals surface area contributed by atoms with E-state index in [9.17, 15) is 0 Å². The Morgan fingerprint density at radius 3 is 2.89 bits per heavy atom. The van der Waals surface area contributed by atoms with Crippen LogP contribution >= 0.6 is 11.6 Å². The molecule has 0 aliphatic rings. The minimum Gasteiger partial charge on any atom is -0.353 e. The molecule has 0 spiro atoms. The predicted octanol–water partition coefficient (Wildman–Crippen LogP) is 3.09. The lowest BCUT2D eigenvalue weighted by Crippen LogP contribution is -2.06. The zero-order chi connectivity index (χ0) is 12.8. The van der Waals surface area contributed by atoms with Crippen molar-refractivity contribution in [1.82, 2.24) is 15.2 Å². The average Bonchev–Trinajstić information content (AvgIpc) is 2.40. The van der Waals surface area contributed by atoms with Gasteiger partial charge >= 0.3 is 0 Å². The highest BCUT2D eigenvalue weighted by Crippen LogP contribution is 2.23. The van der Waals surface area contributed by atoms with Crippen LogP contribution in [0, 0.1) is 0 Å². The summed E-state index contributed by atoms with van der Waals surface area (Å²) in [5.74, 6) is 1.12. The molecule has 18 heavy (non-hydrogen) atoms. The van der Waals surface area contributed by atoms with Crippen molar-refractivity contribution in [2.45, 2.75) is 13.3 Å². The van der Waals surface area contributed by atoms with Crippen LogP contribution in [0.1, 0.15) is 13.3 Å². The smallest absolute Gasteiger partial charge is 0.244 e. The first-order valence-electron chi connectivity index (χ1n) is 5.74. The first-order valence-corrected chi connectivity index (χ1v) is 6.12. The van der Waals surface area contributed by atoms with Crippen LogP contribution in [0.5, 0.6) is 0 Å². The molecular formula is C12H14ClN5. The summed E-state index contributed by atoms with van der Waals surface area (Å²) in [6, 6.07) is 7.47. The molecule has 2 N–H and O–H groups in total. The number of nitrogens with zero attached hydrogens (tertiary/aromatic N) is 3. The molecular weight excluding hydrogens is 250 g/mol. The number of hydrogen-bond acceptors (Lipinski definition) is 5. The van der Waals surface area contributed by atoms with E-state index in [1.165, 1.54) is 0 Å². The van der Waals surface area contributed by atoms with E-state index < -0.39 is 0 Å². The van der Waals surface area contributed by atoms with Gasteiger partial charge in [0.15, 0.2) is 5.82 Å². The van der Waals surface area contributed by atoms with Crippen molar-refractivity contribution in [3.05, 3.63) is 35.5 Å². The van der Waals surface area contributed by atoms with E-state index in [0.717, 1.165) is 18.7 Å². The Bertz CT molecular complexity index is 517. The molecule has 2 rings (SSSR count). The average molecular weight is 264 g/mol. The van der Waals surface area contributed by atoms with Gasteiger partial charge in [0.25, 0.3) is 0 Å². The fourth-order valence-electron chi connectivity index (χ4n) is 1.38. The van der Waals surface area contributed by atoms with Crippen molar-refractivity contribution >= 4 is 29.1 Å². The molecule has 1 aromatic carbocycles. The summed E-state index contributed by atoms with van der Waals surface area (Å²) < 4.78 is 0. The van der Waals surface area contributed by atoms with Gasteiger partial charge in [-0.15, -0.1) is 5.10 Å². The van der Waals surface area contributed by atoms with E-state index in [0.29, 0.717) is 16.8 Å². The molecule has 0 amide bonds. The summed E-state index contributed by atoms with van der Waals surface area (Å²) in [5.41, 5.74) is 0.793. The fraction of sp³-hybridized carbons (Fsp3) is 0.250. The molecule has 2 aromatic rings. The van der Waals surface area contributed by atoms with Crippen LogP contribution in [0.4, 0.5) is 17.5 Å². The number of aromatic nitrogens is 3. The zero-order valence-electron chi connectivity index (χ0n) is 10.0.